The first-order valence-corrected chi connectivity index (χ1v) is 21.3. The number of hydrogen-bond acceptors (Lipinski definition) is 7. The SMILES string of the molecule is CCC[C@H](CC(=O)[C@@H]1C[C@@H]2CCCC[C@@H]2N1C(=O)C(NC(=O)[C@@H](CC(=O)C(=O)NC1CCCCC1)C1CCCCC1)C(C)(C)C)C(=O)C(=O)CC1CC1. The van der Waals surface area contributed by atoms with Gasteiger partial charge in [0.25, 0.3) is 5.91 Å². The van der Waals surface area contributed by atoms with Crippen molar-refractivity contribution in [1.82, 2.24) is 15.5 Å². The fourth-order valence-corrected chi connectivity index (χ4v) is 9.89. The average molecular weight is 738 g/mol. The molecule has 5 aliphatic rings. The Bertz CT molecular complexity index is 1350. The molecule has 1 unspecified atom stereocenters. The molecule has 1 saturated heterocycles. The summed E-state index contributed by atoms with van der Waals surface area (Å²) < 4.78 is 0. The van der Waals surface area contributed by atoms with E-state index in [1.54, 1.807) is 4.90 Å². The van der Waals surface area contributed by atoms with E-state index >= 15 is 0 Å². The fraction of sp³-hybridized carbons (Fsp3) is 0.837. The number of nitrogens with zero attached hydrogens (tertiary/aromatic N) is 1. The molecule has 0 aromatic carbocycles. The minimum absolute atomic E-state index is 0.0108. The Morgan fingerprint density at radius 2 is 1.36 bits per heavy atom. The molecule has 53 heavy (non-hydrogen) atoms. The van der Waals surface area contributed by atoms with Crippen molar-refractivity contribution in [2.75, 3.05) is 0 Å². The highest BCUT2D eigenvalue weighted by molar-refractivity contribution is 6.38. The molecular weight excluding hydrogens is 670 g/mol. The zero-order valence-corrected chi connectivity index (χ0v) is 33.1. The zero-order valence-electron chi connectivity index (χ0n) is 33.1. The van der Waals surface area contributed by atoms with Crippen LogP contribution in [0.4, 0.5) is 0 Å². The maximum atomic E-state index is 14.9. The normalized spacial score (nSPS) is 25.8. The third kappa shape index (κ3) is 10.9. The van der Waals surface area contributed by atoms with Crippen LogP contribution in [-0.4, -0.2) is 69.9 Å². The summed E-state index contributed by atoms with van der Waals surface area (Å²) in [6.07, 6.45) is 16.7. The third-order valence-electron chi connectivity index (χ3n) is 13.2. The number of amides is 3. The summed E-state index contributed by atoms with van der Waals surface area (Å²) in [4.78, 5) is 98.0. The lowest BCUT2D eigenvalue weighted by Gasteiger charge is -2.40. The van der Waals surface area contributed by atoms with Crippen LogP contribution in [0, 0.1) is 35.0 Å². The smallest absolute Gasteiger partial charge is 0.287 e. The van der Waals surface area contributed by atoms with Gasteiger partial charge in [0.2, 0.25) is 23.4 Å². The van der Waals surface area contributed by atoms with E-state index < -0.39 is 46.8 Å². The molecule has 2 N–H and O–H groups in total. The van der Waals surface area contributed by atoms with Crippen molar-refractivity contribution in [2.45, 2.75) is 193 Å². The lowest BCUT2D eigenvalue weighted by molar-refractivity contribution is -0.148. The maximum Gasteiger partial charge on any atom is 0.287 e. The van der Waals surface area contributed by atoms with Crippen LogP contribution in [0.3, 0.4) is 0 Å². The van der Waals surface area contributed by atoms with Crippen molar-refractivity contribution >= 4 is 40.9 Å². The number of likely N-dealkylation sites (tertiary alicyclic amines) is 1. The van der Waals surface area contributed by atoms with Gasteiger partial charge in [-0.15, -0.1) is 0 Å². The summed E-state index contributed by atoms with van der Waals surface area (Å²) in [7, 11) is 0. The number of carbonyl (C=O) groups excluding carboxylic acids is 7. The van der Waals surface area contributed by atoms with Gasteiger partial charge in [-0.1, -0.05) is 85.5 Å². The molecule has 296 valence electrons. The quantitative estimate of drug-likeness (QED) is 0.160. The first kappa shape index (κ1) is 41.3. The van der Waals surface area contributed by atoms with Gasteiger partial charge < -0.3 is 15.5 Å². The zero-order chi connectivity index (χ0) is 38.3. The summed E-state index contributed by atoms with van der Waals surface area (Å²) in [6.45, 7) is 7.66. The van der Waals surface area contributed by atoms with Crippen LogP contribution in [0.5, 0.6) is 0 Å². The summed E-state index contributed by atoms with van der Waals surface area (Å²) in [5.41, 5.74) is -0.720. The van der Waals surface area contributed by atoms with Crippen LogP contribution in [0.25, 0.3) is 0 Å². The molecule has 5 fully saturated rings. The van der Waals surface area contributed by atoms with Crippen molar-refractivity contribution in [2.24, 2.45) is 35.0 Å². The molecule has 0 spiro atoms. The Kier molecular flexibility index (Phi) is 14.5. The van der Waals surface area contributed by atoms with Gasteiger partial charge in [-0.2, -0.15) is 0 Å². The van der Waals surface area contributed by atoms with Crippen molar-refractivity contribution in [3.05, 3.63) is 0 Å². The number of nitrogens with one attached hydrogen (secondary N) is 2. The van der Waals surface area contributed by atoms with E-state index in [2.05, 4.69) is 10.6 Å². The van der Waals surface area contributed by atoms with E-state index in [9.17, 15) is 33.6 Å². The van der Waals surface area contributed by atoms with Gasteiger partial charge in [-0.05, 0) is 87.4 Å². The molecule has 0 aromatic rings. The number of rotatable bonds is 17. The van der Waals surface area contributed by atoms with Crippen molar-refractivity contribution in [3.63, 3.8) is 0 Å². The van der Waals surface area contributed by atoms with Crippen molar-refractivity contribution in [3.8, 4) is 0 Å². The minimum Gasteiger partial charge on any atom is -0.347 e. The molecule has 10 heteroatoms. The standard InChI is InChI=1S/C43H67N3O7/c1-5-14-30(38(50)36(48)23-27-21-22-27)25-35(47)34-24-29-17-12-13-20-33(29)46(34)42(53)39(43(2,3)4)45-40(51)32(28-15-8-6-9-16-28)26-37(49)41(52)44-31-18-10-7-11-19-31/h27-34,39H,5-26H2,1-4H3,(H,44,52)(H,45,51)/t29-,30+,32-,33-,34-,39?/m0/s1. The van der Waals surface area contributed by atoms with E-state index in [1.807, 2.05) is 27.7 Å². The topological polar surface area (TPSA) is 147 Å². The van der Waals surface area contributed by atoms with Gasteiger partial charge in [0.1, 0.15) is 6.04 Å². The van der Waals surface area contributed by atoms with Crippen LogP contribution in [-0.2, 0) is 33.6 Å². The highest BCUT2D eigenvalue weighted by Gasteiger charge is 2.51. The highest BCUT2D eigenvalue weighted by Crippen LogP contribution is 2.42. The second-order valence-corrected chi connectivity index (χ2v) is 18.4. The van der Waals surface area contributed by atoms with Crippen LogP contribution >= 0.6 is 0 Å². The molecule has 1 aliphatic heterocycles. The fourth-order valence-electron chi connectivity index (χ4n) is 9.89. The van der Waals surface area contributed by atoms with Crippen LogP contribution in [0.15, 0.2) is 0 Å². The Balaban J connectivity index is 1.34. The number of Topliss-reactive ketones (excluding diaryl/α,β-unsaturated/α-hetero) is 4. The molecule has 4 saturated carbocycles. The molecular formula is C43H67N3O7. The molecule has 4 aliphatic carbocycles. The van der Waals surface area contributed by atoms with Gasteiger partial charge in [0.15, 0.2) is 11.6 Å². The van der Waals surface area contributed by atoms with Crippen molar-refractivity contribution in [1.29, 1.82) is 0 Å². The maximum absolute atomic E-state index is 14.9. The lowest BCUT2D eigenvalue weighted by Crippen LogP contribution is -2.60. The Morgan fingerprint density at radius 3 is 1.98 bits per heavy atom. The van der Waals surface area contributed by atoms with Crippen LogP contribution < -0.4 is 10.6 Å². The Hall–Kier alpha value is -2.91. The minimum atomic E-state index is -0.962. The second kappa shape index (κ2) is 18.6. The molecule has 3 amide bonds. The lowest BCUT2D eigenvalue weighted by atomic mass is 9.76. The van der Waals surface area contributed by atoms with E-state index in [0.717, 1.165) is 103 Å². The number of hydrogen-bond donors (Lipinski definition) is 2. The Morgan fingerprint density at radius 1 is 0.736 bits per heavy atom. The van der Waals surface area contributed by atoms with Gasteiger partial charge in [-0.3, -0.25) is 33.6 Å². The summed E-state index contributed by atoms with van der Waals surface area (Å²) in [6, 6.07) is -1.83. The third-order valence-corrected chi connectivity index (χ3v) is 13.2. The van der Waals surface area contributed by atoms with E-state index in [0.29, 0.717) is 19.3 Å². The van der Waals surface area contributed by atoms with Crippen LogP contribution in [0.1, 0.15) is 169 Å². The molecule has 0 radical (unpaired) electrons. The molecule has 0 aromatic heterocycles. The second-order valence-electron chi connectivity index (χ2n) is 18.4. The average Bonchev–Trinajstić information content (AvgIpc) is 3.87. The summed E-state index contributed by atoms with van der Waals surface area (Å²) >= 11 is 0. The predicted molar refractivity (Wildman–Crippen MR) is 202 cm³/mol. The van der Waals surface area contributed by atoms with Crippen molar-refractivity contribution < 1.29 is 33.6 Å². The molecule has 0 bridgehead atoms. The first-order valence-electron chi connectivity index (χ1n) is 21.3. The van der Waals surface area contributed by atoms with Gasteiger partial charge in [-0.25, -0.2) is 0 Å². The van der Waals surface area contributed by atoms with Gasteiger partial charge >= 0.3 is 0 Å². The number of fused-ring (bicyclic) bond motifs is 1. The van der Waals surface area contributed by atoms with Crippen LogP contribution in [0.2, 0.25) is 0 Å². The largest absolute Gasteiger partial charge is 0.347 e. The van der Waals surface area contributed by atoms with E-state index in [-0.39, 0.29) is 72.5 Å². The number of ketones is 4. The predicted octanol–water partition coefficient (Wildman–Crippen LogP) is 6.60. The van der Waals surface area contributed by atoms with Gasteiger partial charge in [0.05, 0.1) is 6.04 Å². The molecule has 5 rings (SSSR count). The van der Waals surface area contributed by atoms with E-state index in [4.69, 9.17) is 0 Å². The van der Waals surface area contributed by atoms with E-state index in [1.165, 1.54) is 0 Å². The Labute approximate surface area is 317 Å². The molecule has 6 atom stereocenters. The highest BCUT2D eigenvalue weighted by atomic mass is 16.2. The first-order chi connectivity index (χ1) is 25.3. The van der Waals surface area contributed by atoms with Gasteiger partial charge in [0, 0.05) is 43.2 Å². The monoisotopic (exact) mass is 737 g/mol. The summed E-state index contributed by atoms with van der Waals surface area (Å²) in [5.74, 6) is -3.91. The number of carbonyl (C=O) groups is 7. The molecule has 10 nitrogen and oxygen atoms in total. The summed E-state index contributed by atoms with van der Waals surface area (Å²) in [5, 5.41) is 6.03. The molecule has 1 heterocycles.